The standard InChI is InChI=1S/C9H16N2/c1-4-6-9(10-3)8-11-7-5-2/h5-6,10H,4,8H2,1-3H3/b9-6+. The fourth-order valence-corrected chi connectivity index (χ4v) is 0.714. The number of nitrogens with zero attached hydrogens (tertiary/aromatic N) is 1. The second-order valence-corrected chi connectivity index (χ2v) is 2.12. The maximum absolute atomic E-state index is 4.04. The van der Waals surface area contributed by atoms with Crippen molar-refractivity contribution in [2.75, 3.05) is 13.6 Å². The summed E-state index contributed by atoms with van der Waals surface area (Å²) in [5.41, 5.74) is 1.15. The zero-order valence-corrected chi connectivity index (χ0v) is 7.52. The number of nitrogens with one attached hydrogen (secondary N) is 1. The molecule has 0 unspecified atom stereocenters. The van der Waals surface area contributed by atoms with E-state index in [2.05, 4.69) is 29.2 Å². The van der Waals surface area contributed by atoms with Gasteiger partial charge in [0.25, 0.3) is 0 Å². The van der Waals surface area contributed by atoms with Crippen LogP contribution in [0.15, 0.2) is 22.8 Å². The molecule has 0 saturated heterocycles. The third kappa shape index (κ3) is 5.43. The number of allylic oxidation sites excluding steroid dienone is 2. The van der Waals surface area contributed by atoms with E-state index in [4.69, 9.17) is 0 Å². The summed E-state index contributed by atoms with van der Waals surface area (Å²) in [7, 11) is 1.91. The van der Waals surface area contributed by atoms with E-state index < -0.39 is 0 Å². The Balaban J connectivity index is 3.88. The maximum Gasteiger partial charge on any atom is 0.0877 e. The average molecular weight is 152 g/mol. The smallest absolute Gasteiger partial charge is 0.0877 e. The number of hydrogen-bond acceptors (Lipinski definition) is 2. The molecule has 0 atom stereocenters. The van der Waals surface area contributed by atoms with Crippen LogP contribution in [0.25, 0.3) is 0 Å². The van der Waals surface area contributed by atoms with Gasteiger partial charge in [0.2, 0.25) is 0 Å². The van der Waals surface area contributed by atoms with E-state index >= 15 is 0 Å². The molecule has 0 rings (SSSR count). The first kappa shape index (κ1) is 9.99. The lowest BCUT2D eigenvalue weighted by Crippen LogP contribution is -2.08. The third-order valence-electron chi connectivity index (χ3n) is 1.24. The molecular weight excluding hydrogens is 136 g/mol. The Bertz CT molecular complexity index is 174. The number of hydrogen-bond donors (Lipinski definition) is 1. The lowest BCUT2D eigenvalue weighted by molar-refractivity contribution is 0.912. The van der Waals surface area contributed by atoms with E-state index in [1.54, 1.807) is 6.08 Å². The van der Waals surface area contributed by atoms with E-state index in [0.717, 1.165) is 12.1 Å². The van der Waals surface area contributed by atoms with Gasteiger partial charge in [0.05, 0.1) is 6.54 Å². The first-order valence-electron chi connectivity index (χ1n) is 3.91. The van der Waals surface area contributed by atoms with Gasteiger partial charge < -0.3 is 5.32 Å². The molecule has 0 bridgehead atoms. The van der Waals surface area contributed by atoms with Crippen LogP contribution in [0.3, 0.4) is 0 Å². The molecule has 0 amide bonds. The predicted molar refractivity (Wildman–Crippen MR) is 50.0 cm³/mol. The summed E-state index contributed by atoms with van der Waals surface area (Å²) < 4.78 is 0. The molecule has 0 saturated carbocycles. The zero-order valence-electron chi connectivity index (χ0n) is 7.52. The van der Waals surface area contributed by atoms with Crippen molar-refractivity contribution in [2.45, 2.75) is 20.3 Å². The molecule has 0 aromatic carbocycles. The van der Waals surface area contributed by atoms with Crippen molar-refractivity contribution >= 4 is 5.87 Å². The topological polar surface area (TPSA) is 24.4 Å². The Labute approximate surface area is 68.7 Å². The molecule has 0 aliphatic rings. The molecule has 0 heterocycles. The van der Waals surface area contributed by atoms with Crippen molar-refractivity contribution in [1.29, 1.82) is 0 Å². The molecule has 2 heteroatoms. The van der Waals surface area contributed by atoms with Crippen LogP contribution in [-0.2, 0) is 0 Å². The van der Waals surface area contributed by atoms with Crippen LogP contribution < -0.4 is 5.32 Å². The lowest BCUT2D eigenvalue weighted by Gasteiger charge is -1.99. The minimum Gasteiger partial charge on any atom is -0.390 e. The molecule has 62 valence electrons. The molecule has 11 heavy (non-hydrogen) atoms. The summed E-state index contributed by atoms with van der Waals surface area (Å²) in [5, 5.41) is 3.08. The predicted octanol–water partition coefficient (Wildman–Crippen LogP) is 1.75. The van der Waals surface area contributed by atoms with Crippen molar-refractivity contribution < 1.29 is 0 Å². The van der Waals surface area contributed by atoms with Crippen LogP contribution in [-0.4, -0.2) is 19.5 Å². The average Bonchev–Trinajstić information content (AvgIpc) is 2.03. The van der Waals surface area contributed by atoms with Gasteiger partial charge in [0, 0.05) is 12.7 Å². The highest BCUT2D eigenvalue weighted by Gasteiger charge is 1.86. The Morgan fingerprint density at radius 2 is 2.36 bits per heavy atom. The molecular formula is C9H16N2. The van der Waals surface area contributed by atoms with Crippen LogP contribution >= 0.6 is 0 Å². The van der Waals surface area contributed by atoms with Gasteiger partial charge in [-0.1, -0.05) is 13.0 Å². The number of aliphatic imine (C=N–C) groups is 1. The maximum atomic E-state index is 4.04. The normalized spacial score (nSPS) is 10.3. The van der Waals surface area contributed by atoms with Crippen molar-refractivity contribution in [3.63, 3.8) is 0 Å². The molecule has 0 aliphatic heterocycles. The van der Waals surface area contributed by atoms with Gasteiger partial charge in [-0.3, -0.25) is 0 Å². The fraction of sp³-hybridized carbons (Fsp3) is 0.556. The Morgan fingerprint density at radius 3 is 2.82 bits per heavy atom. The monoisotopic (exact) mass is 152 g/mol. The second kappa shape index (κ2) is 7.10. The summed E-state index contributed by atoms with van der Waals surface area (Å²) in [4.78, 5) is 4.04. The van der Waals surface area contributed by atoms with E-state index in [1.807, 2.05) is 14.0 Å². The van der Waals surface area contributed by atoms with Crippen molar-refractivity contribution in [3.05, 3.63) is 17.8 Å². The summed E-state index contributed by atoms with van der Waals surface area (Å²) in [6, 6.07) is 0. The van der Waals surface area contributed by atoms with Crippen molar-refractivity contribution in [2.24, 2.45) is 4.99 Å². The third-order valence-corrected chi connectivity index (χ3v) is 1.24. The quantitative estimate of drug-likeness (QED) is 0.610. The van der Waals surface area contributed by atoms with Gasteiger partial charge >= 0.3 is 0 Å². The van der Waals surface area contributed by atoms with Crippen LogP contribution in [0.2, 0.25) is 0 Å². The largest absolute Gasteiger partial charge is 0.390 e. The lowest BCUT2D eigenvalue weighted by atomic mass is 10.3. The van der Waals surface area contributed by atoms with Gasteiger partial charge in [-0.05, 0) is 25.3 Å². The molecule has 0 aliphatic carbocycles. The molecule has 2 nitrogen and oxygen atoms in total. The highest BCUT2D eigenvalue weighted by Crippen LogP contribution is 1.90. The Kier molecular flexibility index (Phi) is 6.45. The first-order valence-corrected chi connectivity index (χ1v) is 3.91. The summed E-state index contributed by atoms with van der Waals surface area (Å²) in [6.45, 7) is 4.72. The molecule has 0 radical (unpaired) electrons. The molecule has 0 spiro atoms. The molecule has 0 aromatic rings. The van der Waals surface area contributed by atoms with E-state index in [-0.39, 0.29) is 0 Å². The van der Waals surface area contributed by atoms with E-state index in [1.165, 1.54) is 0 Å². The summed E-state index contributed by atoms with van der Waals surface area (Å²) in [5.74, 6) is 2.79. The van der Waals surface area contributed by atoms with Gasteiger partial charge in [-0.25, -0.2) is 4.99 Å². The SMILES string of the molecule is CC=C=NC/C(=C\CC)NC. The summed E-state index contributed by atoms with van der Waals surface area (Å²) >= 11 is 0. The Morgan fingerprint density at radius 1 is 1.64 bits per heavy atom. The highest BCUT2D eigenvalue weighted by molar-refractivity contribution is 5.50. The molecule has 0 fully saturated rings. The van der Waals surface area contributed by atoms with Crippen LogP contribution in [0.1, 0.15) is 20.3 Å². The van der Waals surface area contributed by atoms with Crippen LogP contribution in [0.5, 0.6) is 0 Å². The first-order chi connectivity index (χ1) is 5.35. The zero-order chi connectivity index (χ0) is 8.53. The number of rotatable bonds is 4. The van der Waals surface area contributed by atoms with E-state index in [0.29, 0.717) is 6.54 Å². The van der Waals surface area contributed by atoms with Gasteiger partial charge in [0.1, 0.15) is 0 Å². The van der Waals surface area contributed by atoms with Crippen LogP contribution in [0.4, 0.5) is 0 Å². The van der Waals surface area contributed by atoms with Gasteiger partial charge in [-0.15, -0.1) is 0 Å². The summed E-state index contributed by atoms with van der Waals surface area (Å²) in [6.07, 6.45) is 4.97. The van der Waals surface area contributed by atoms with Gasteiger partial charge in [0.15, 0.2) is 0 Å². The van der Waals surface area contributed by atoms with Gasteiger partial charge in [-0.2, -0.15) is 0 Å². The molecule has 0 aromatic heterocycles. The second-order valence-electron chi connectivity index (χ2n) is 2.12. The molecule has 1 N–H and O–H groups in total. The fourth-order valence-electron chi connectivity index (χ4n) is 0.714. The number of likely N-dealkylation sites (N-methyl/N-ethyl adjacent to an activating group) is 1. The van der Waals surface area contributed by atoms with Crippen molar-refractivity contribution in [3.8, 4) is 0 Å². The Hall–Kier alpha value is -1.01. The van der Waals surface area contributed by atoms with Crippen molar-refractivity contribution in [1.82, 2.24) is 5.32 Å². The highest BCUT2D eigenvalue weighted by atomic mass is 14.9. The minimum absolute atomic E-state index is 0.703. The minimum atomic E-state index is 0.703. The van der Waals surface area contributed by atoms with E-state index in [9.17, 15) is 0 Å². The van der Waals surface area contributed by atoms with Crippen LogP contribution in [0, 0.1) is 0 Å².